The van der Waals surface area contributed by atoms with E-state index in [1.807, 2.05) is 0 Å². The molecule has 0 radical (unpaired) electrons. The highest BCUT2D eigenvalue weighted by atomic mass is 35.5. The monoisotopic (exact) mass is 477 g/mol. The first kappa shape index (κ1) is 24.6. The fraction of sp³-hybridized carbons (Fsp3) is 0.375. The van der Waals surface area contributed by atoms with Crippen molar-refractivity contribution in [1.82, 2.24) is 10.6 Å². The van der Waals surface area contributed by atoms with Crippen LogP contribution in [-0.4, -0.2) is 30.3 Å². The van der Waals surface area contributed by atoms with Crippen LogP contribution in [0.4, 0.5) is 14.5 Å². The van der Waals surface area contributed by atoms with E-state index in [4.69, 9.17) is 11.6 Å². The summed E-state index contributed by atoms with van der Waals surface area (Å²) in [6.07, 6.45) is 5.67. The lowest BCUT2D eigenvalue weighted by atomic mass is 9.95. The number of anilines is 1. The summed E-state index contributed by atoms with van der Waals surface area (Å²) in [6.45, 7) is 0.138. The number of carbonyl (C=O) groups is 3. The van der Waals surface area contributed by atoms with Crippen molar-refractivity contribution in [2.24, 2.45) is 0 Å². The number of carbonyl (C=O) groups excluding carboxylic acids is 3. The summed E-state index contributed by atoms with van der Waals surface area (Å²) in [4.78, 5) is 36.8. The molecule has 0 bridgehead atoms. The van der Waals surface area contributed by atoms with Gasteiger partial charge in [0.05, 0.1) is 16.1 Å². The molecule has 0 saturated heterocycles. The van der Waals surface area contributed by atoms with E-state index in [0.717, 1.165) is 37.8 Å². The summed E-state index contributed by atoms with van der Waals surface area (Å²) in [5.41, 5.74) is 0.477. The highest BCUT2D eigenvalue weighted by molar-refractivity contribution is 6.34. The minimum Gasteiger partial charge on any atom is -0.352 e. The molecule has 0 atom stereocenters. The zero-order valence-corrected chi connectivity index (χ0v) is 18.8. The summed E-state index contributed by atoms with van der Waals surface area (Å²) in [5, 5.41) is 8.52. The average molecular weight is 478 g/mol. The summed E-state index contributed by atoms with van der Waals surface area (Å²) in [5.74, 6) is -2.97. The first-order valence-corrected chi connectivity index (χ1v) is 11.3. The minimum atomic E-state index is -0.948. The fourth-order valence-corrected chi connectivity index (χ4v) is 3.93. The Morgan fingerprint density at radius 2 is 1.70 bits per heavy atom. The van der Waals surface area contributed by atoms with E-state index in [0.29, 0.717) is 28.8 Å². The van der Waals surface area contributed by atoms with Gasteiger partial charge in [0.1, 0.15) is 11.6 Å². The molecule has 0 spiro atoms. The summed E-state index contributed by atoms with van der Waals surface area (Å²) >= 11 is 6.19. The second-order valence-electron chi connectivity index (χ2n) is 8.03. The highest BCUT2D eigenvalue weighted by Crippen LogP contribution is 2.23. The standard InChI is InChI=1S/C24H26ClF2N3O3/c25-20-11-9-17(14-19(20)24(33)30-16-5-2-1-3-6-16)29-22(31)7-4-12-28-23(32)18-10-8-15(26)13-21(18)27/h8-11,13-14,16H,1-7,12H2,(H,28,32)(H,29,31)(H,30,33). The summed E-state index contributed by atoms with van der Waals surface area (Å²) < 4.78 is 26.6. The third-order valence-corrected chi connectivity index (χ3v) is 5.81. The van der Waals surface area contributed by atoms with Crippen molar-refractivity contribution in [1.29, 1.82) is 0 Å². The number of nitrogens with one attached hydrogen (secondary N) is 3. The van der Waals surface area contributed by atoms with Crippen LogP contribution in [0.3, 0.4) is 0 Å². The first-order chi connectivity index (χ1) is 15.8. The van der Waals surface area contributed by atoms with Gasteiger partial charge in [-0.25, -0.2) is 8.78 Å². The zero-order valence-electron chi connectivity index (χ0n) is 18.1. The van der Waals surface area contributed by atoms with Crippen molar-refractivity contribution in [2.75, 3.05) is 11.9 Å². The number of benzene rings is 2. The third-order valence-electron chi connectivity index (χ3n) is 5.48. The first-order valence-electron chi connectivity index (χ1n) is 11.0. The second-order valence-corrected chi connectivity index (χ2v) is 8.44. The van der Waals surface area contributed by atoms with Crippen LogP contribution in [-0.2, 0) is 4.79 Å². The number of hydrogen-bond acceptors (Lipinski definition) is 3. The van der Waals surface area contributed by atoms with Gasteiger partial charge in [-0.2, -0.15) is 0 Å². The summed E-state index contributed by atoms with van der Waals surface area (Å²) in [7, 11) is 0. The van der Waals surface area contributed by atoms with E-state index < -0.39 is 17.5 Å². The van der Waals surface area contributed by atoms with E-state index in [-0.39, 0.29) is 36.4 Å². The van der Waals surface area contributed by atoms with Crippen molar-refractivity contribution in [2.45, 2.75) is 51.0 Å². The predicted molar refractivity (Wildman–Crippen MR) is 122 cm³/mol. The Morgan fingerprint density at radius 3 is 2.42 bits per heavy atom. The number of hydrogen-bond donors (Lipinski definition) is 3. The molecule has 0 aliphatic heterocycles. The zero-order chi connectivity index (χ0) is 23.8. The largest absolute Gasteiger partial charge is 0.352 e. The normalized spacial score (nSPS) is 13.9. The van der Waals surface area contributed by atoms with Crippen LogP contribution in [0.2, 0.25) is 5.02 Å². The molecule has 2 aromatic rings. The smallest absolute Gasteiger partial charge is 0.254 e. The van der Waals surface area contributed by atoms with Gasteiger partial charge in [0.25, 0.3) is 11.8 Å². The topological polar surface area (TPSA) is 87.3 Å². The lowest BCUT2D eigenvalue weighted by Gasteiger charge is -2.23. The molecule has 0 aromatic heterocycles. The fourth-order valence-electron chi connectivity index (χ4n) is 3.73. The number of rotatable bonds is 8. The molecule has 0 heterocycles. The molecule has 1 aliphatic rings. The van der Waals surface area contributed by atoms with Crippen LogP contribution in [0.5, 0.6) is 0 Å². The molecule has 33 heavy (non-hydrogen) atoms. The Morgan fingerprint density at radius 1 is 0.939 bits per heavy atom. The van der Waals surface area contributed by atoms with Gasteiger partial charge >= 0.3 is 0 Å². The average Bonchev–Trinajstić information content (AvgIpc) is 2.78. The van der Waals surface area contributed by atoms with E-state index in [1.165, 1.54) is 12.5 Å². The maximum atomic E-state index is 13.6. The van der Waals surface area contributed by atoms with Gasteiger partial charge in [0, 0.05) is 30.8 Å². The number of halogens is 3. The Hall–Kier alpha value is -3.00. The van der Waals surface area contributed by atoms with Crippen molar-refractivity contribution >= 4 is 35.0 Å². The molecule has 9 heteroatoms. The Kier molecular flexibility index (Phi) is 8.77. The molecule has 3 N–H and O–H groups in total. The molecule has 2 aromatic carbocycles. The molecule has 3 rings (SSSR count). The van der Waals surface area contributed by atoms with Gasteiger partial charge in [-0.15, -0.1) is 0 Å². The number of amides is 3. The minimum absolute atomic E-state index is 0.0956. The van der Waals surface area contributed by atoms with Gasteiger partial charge in [-0.3, -0.25) is 14.4 Å². The Labute approximate surface area is 196 Å². The molecule has 1 fully saturated rings. The molecule has 6 nitrogen and oxygen atoms in total. The second kappa shape index (κ2) is 11.7. The molecule has 1 saturated carbocycles. The van der Waals surface area contributed by atoms with Crippen molar-refractivity contribution < 1.29 is 23.2 Å². The van der Waals surface area contributed by atoms with Crippen LogP contribution in [0.1, 0.15) is 65.7 Å². The van der Waals surface area contributed by atoms with Crippen molar-refractivity contribution in [3.05, 3.63) is 64.2 Å². The van der Waals surface area contributed by atoms with Crippen molar-refractivity contribution in [3.63, 3.8) is 0 Å². The van der Waals surface area contributed by atoms with Crippen molar-refractivity contribution in [3.8, 4) is 0 Å². The van der Waals surface area contributed by atoms with Crippen LogP contribution >= 0.6 is 11.6 Å². The third kappa shape index (κ3) is 7.25. The van der Waals surface area contributed by atoms with E-state index in [9.17, 15) is 23.2 Å². The molecule has 1 aliphatic carbocycles. The van der Waals surface area contributed by atoms with Gasteiger partial charge in [0.15, 0.2) is 0 Å². The molecule has 176 valence electrons. The molecular formula is C24H26ClF2N3O3. The van der Waals surface area contributed by atoms with E-state index in [2.05, 4.69) is 16.0 Å². The predicted octanol–water partition coefficient (Wildman–Crippen LogP) is 4.83. The van der Waals surface area contributed by atoms with Crippen LogP contribution < -0.4 is 16.0 Å². The highest BCUT2D eigenvalue weighted by Gasteiger charge is 2.19. The van der Waals surface area contributed by atoms with Crippen LogP contribution in [0, 0.1) is 11.6 Å². The SMILES string of the molecule is O=C(CCCNC(=O)c1ccc(F)cc1F)Nc1ccc(Cl)c(C(=O)NC2CCCCC2)c1. The molecule has 3 amide bonds. The lowest BCUT2D eigenvalue weighted by Crippen LogP contribution is -2.36. The van der Waals surface area contributed by atoms with Gasteiger partial charge < -0.3 is 16.0 Å². The maximum Gasteiger partial charge on any atom is 0.254 e. The lowest BCUT2D eigenvalue weighted by molar-refractivity contribution is -0.116. The van der Waals surface area contributed by atoms with Gasteiger partial charge in [-0.05, 0) is 49.6 Å². The van der Waals surface area contributed by atoms with E-state index in [1.54, 1.807) is 12.1 Å². The van der Waals surface area contributed by atoms with Gasteiger partial charge in [-0.1, -0.05) is 30.9 Å². The van der Waals surface area contributed by atoms with E-state index >= 15 is 0 Å². The van der Waals surface area contributed by atoms with Gasteiger partial charge in [0.2, 0.25) is 5.91 Å². The van der Waals surface area contributed by atoms with Crippen LogP contribution in [0.25, 0.3) is 0 Å². The molecule has 0 unspecified atom stereocenters. The van der Waals surface area contributed by atoms with Crippen LogP contribution in [0.15, 0.2) is 36.4 Å². The summed E-state index contributed by atoms with van der Waals surface area (Å²) in [6, 6.07) is 7.55. The quantitative estimate of drug-likeness (QED) is 0.476. The Bertz CT molecular complexity index is 1030. The molecular weight excluding hydrogens is 452 g/mol. The Balaban J connectivity index is 1.46. The maximum absolute atomic E-state index is 13.6.